The third-order valence-corrected chi connectivity index (χ3v) is 3.67. The largest absolute Gasteiger partial charge is 0.504 e. The molecule has 5 nitrogen and oxygen atoms in total. The van der Waals surface area contributed by atoms with Crippen molar-refractivity contribution in [3.63, 3.8) is 0 Å². The maximum absolute atomic E-state index is 10.6. The predicted molar refractivity (Wildman–Crippen MR) is 89.4 cm³/mol. The van der Waals surface area contributed by atoms with Crippen molar-refractivity contribution in [3.8, 4) is 11.5 Å². The van der Waals surface area contributed by atoms with Crippen LogP contribution in [0.3, 0.4) is 0 Å². The molecule has 0 aromatic heterocycles. The van der Waals surface area contributed by atoms with Gasteiger partial charge in [0, 0.05) is 12.1 Å². The van der Waals surface area contributed by atoms with E-state index in [2.05, 4.69) is 0 Å². The lowest BCUT2D eigenvalue weighted by Crippen LogP contribution is -1.88. The minimum Gasteiger partial charge on any atom is -0.504 e. The lowest BCUT2D eigenvalue weighted by molar-refractivity contribution is -0.384. The molecule has 0 aliphatic heterocycles. The number of nitro benzene ring substituents is 1. The first-order valence-electron chi connectivity index (χ1n) is 6.00. The summed E-state index contributed by atoms with van der Waals surface area (Å²) in [7, 11) is 1.49. The third-order valence-electron chi connectivity index (χ3n) is 2.84. The molecule has 21 heavy (non-hydrogen) atoms. The molecule has 0 saturated carbocycles. The summed E-state index contributed by atoms with van der Waals surface area (Å²) >= 11 is 2.03. The minimum absolute atomic E-state index is 0.0630. The first kappa shape index (κ1) is 15.3. The summed E-state index contributed by atoms with van der Waals surface area (Å²) in [5.74, 6) is 0.524. The monoisotopic (exact) mass is 397 g/mol. The Morgan fingerprint density at radius 1 is 1.19 bits per heavy atom. The zero-order chi connectivity index (χ0) is 15.4. The molecule has 0 fully saturated rings. The van der Waals surface area contributed by atoms with Gasteiger partial charge in [-0.3, -0.25) is 10.1 Å². The van der Waals surface area contributed by atoms with E-state index in [4.69, 9.17) is 4.74 Å². The summed E-state index contributed by atoms with van der Waals surface area (Å²) < 4.78 is 5.79. The van der Waals surface area contributed by atoms with Gasteiger partial charge in [0.05, 0.1) is 15.6 Å². The van der Waals surface area contributed by atoms with Crippen LogP contribution in [-0.2, 0) is 0 Å². The van der Waals surface area contributed by atoms with Gasteiger partial charge < -0.3 is 9.84 Å². The highest BCUT2D eigenvalue weighted by molar-refractivity contribution is 14.1. The SMILES string of the molecule is COc1cc(C=Cc2ccc([N+](=O)[O-])cc2)cc(I)c1O. The molecule has 2 rings (SSSR count). The summed E-state index contributed by atoms with van der Waals surface area (Å²) in [5, 5.41) is 20.3. The molecule has 0 amide bonds. The lowest BCUT2D eigenvalue weighted by Gasteiger charge is -2.06. The number of halogens is 1. The number of hydrogen-bond acceptors (Lipinski definition) is 4. The Labute approximate surface area is 135 Å². The maximum Gasteiger partial charge on any atom is 0.269 e. The van der Waals surface area contributed by atoms with E-state index in [9.17, 15) is 15.2 Å². The van der Waals surface area contributed by atoms with Crippen molar-refractivity contribution in [1.29, 1.82) is 0 Å². The highest BCUT2D eigenvalue weighted by Gasteiger charge is 2.07. The first-order chi connectivity index (χ1) is 10.0. The number of hydrogen-bond donors (Lipinski definition) is 1. The smallest absolute Gasteiger partial charge is 0.269 e. The Balaban J connectivity index is 2.25. The van der Waals surface area contributed by atoms with Crippen LogP contribution in [0.5, 0.6) is 11.5 Å². The Hall–Kier alpha value is -2.09. The summed E-state index contributed by atoms with van der Waals surface area (Å²) in [4.78, 5) is 10.2. The summed E-state index contributed by atoms with van der Waals surface area (Å²) in [6.07, 6.45) is 3.69. The van der Waals surface area contributed by atoms with Gasteiger partial charge in [0.15, 0.2) is 11.5 Å². The average Bonchev–Trinajstić information content (AvgIpc) is 2.48. The molecular weight excluding hydrogens is 385 g/mol. The molecule has 0 heterocycles. The molecule has 1 N–H and O–H groups in total. The van der Waals surface area contributed by atoms with E-state index in [1.807, 2.05) is 40.8 Å². The first-order valence-corrected chi connectivity index (χ1v) is 7.08. The molecule has 0 bridgehead atoms. The van der Waals surface area contributed by atoms with Crippen LogP contribution in [0.25, 0.3) is 12.2 Å². The zero-order valence-corrected chi connectivity index (χ0v) is 13.3. The molecule has 2 aromatic rings. The van der Waals surface area contributed by atoms with Gasteiger partial charge in [0.1, 0.15) is 0 Å². The molecule has 0 atom stereocenters. The van der Waals surface area contributed by atoms with Gasteiger partial charge in [0.25, 0.3) is 5.69 Å². The van der Waals surface area contributed by atoms with E-state index in [-0.39, 0.29) is 11.4 Å². The van der Waals surface area contributed by atoms with E-state index < -0.39 is 4.92 Å². The predicted octanol–water partition coefficient (Wildman–Crippen LogP) is 4.08. The second-order valence-electron chi connectivity index (χ2n) is 4.24. The Kier molecular flexibility index (Phi) is 4.79. The fourth-order valence-corrected chi connectivity index (χ4v) is 2.37. The van der Waals surface area contributed by atoms with Crippen LogP contribution >= 0.6 is 22.6 Å². The van der Waals surface area contributed by atoms with Gasteiger partial charge >= 0.3 is 0 Å². The standard InChI is InChI=1S/C15H12INO4/c1-21-14-9-11(8-13(16)15(14)18)3-2-10-4-6-12(7-5-10)17(19)20/h2-9,18H,1H3. The zero-order valence-electron chi connectivity index (χ0n) is 11.1. The number of rotatable bonds is 4. The van der Waals surface area contributed by atoms with Gasteiger partial charge in [-0.05, 0) is 58.0 Å². The highest BCUT2D eigenvalue weighted by Crippen LogP contribution is 2.33. The van der Waals surface area contributed by atoms with Crippen molar-refractivity contribution in [2.45, 2.75) is 0 Å². The Morgan fingerprint density at radius 2 is 1.81 bits per heavy atom. The molecule has 108 valence electrons. The van der Waals surface area contributed by atoms with Crippen LogP contribution in [0.2, 0.25) is 0 Å². The van der Waals surface area contributed by atoms with Crippen LogP contribution in [0.4, 0.5) is 5.69 Å². The number of phenolic OH excluding ortho intramolecular Hbond substituents is 1. The Morgan fingerprint density at radius 3 is 2.38 bits per heavy atom. The van der Waals surface area contributed by atoms with Crippen molar-refractivity contribution >= 4 is 40.4 Å². The number of methoxy groups -OCH3 is 1. The summed E-state index contributed by atoms with van der Waals surface area (Å²) in [5.41, 5.74) is 1.78. The summed E-state index contributed by atoms with van der Waals surface area (Å²) in [6, 6.07) is 9.82. The molecule has 0 saturated heterocycles. The third kappa shape index (κ3) is 3.72. The maximum atomic E-state index is 10.6. The van der Waals surface area contributed by atoms with Crippen molar-refractivity contribution in [3.05, 3.63) is 61.2 Å². The van der Waals surface area contributed by atoms with Crippen molar-refractivity contribution in [1.82, 2.24) is 0 Å². The second-order valence-corrected chi connectivity index (χ2v) is 5.40. The minimum atomic E-state index is -0.430. The number of benzene rings is 2. The average molecular weight is 397 g/mol. The van der Waals surface area contributed by atoms with Gasteiger partial charge in [-0.2, -0.15) is 0 Å². The number of ether oxygens (including phenoxy) is 1. The van der Waals surface area contributed by atoms with Crippen LogP contribution in [0.1, 0.15) is 11.1 Å². The van der Waals surface area contributed by atoms with Crippen LogP contribution in [-0.4, -0.2) is 17.1 Å². The van der Waals surface area contributed by atoms with E-state index in [1.165, 1.54) is 19.2 Å². The quantitative estimate of drug-likeness (QED) is 0.365. The summed E-state index contributed by atoms with van der Waals surface area (Å²) in [6.45, 7) is 0. The van der Waals surface area contributed by atoms with Gasteiger partial charge in [-0.15, -0.1) is 0 Å². The molecule has 6 heteroatoms. The fourth-order valence-electron chi connectivity index (χ4n) is 1.75. The van der Waals surface area contributed by atoms with E-state index in [0.29, 0.717) is 9.32 Å². The van der Waals surface area contributed by atoms with Crippen molar-refractivity contribution < 1.29 is 14.8 Å². The van der Waals surface area contributed by atoms with E-state index >= 15 is 0 Å². The molecule has 0 radical (unpaired) electrons. The number of nitro groups is 1. The van der Waals surface area contributed by atoms with Crippen LogP contribution in [0.15, 0.2) is 36.4 Å². The second kappa shape index (κ2) is 6.57. The normalized spacial score (nSPS) is 10.8. The topological polar surface area (TPSA) is 72.6 Å². The van der Waals surface area contributed by atoms with Crippen LogP contribution < -0.4 is 4.74 Å². The van der Waals surface area contributed by atoms with Crippen LogP contribution in [0, 0.1) is 13.7 Å². The number of phenols is 1. The van der Waals surface area contributed by atoms with E-state index in [0.717, 1.165) is 11.1 Å². The van der Waals surface area contributed by atoms with E-state index in [1.54, 1.807) is 18.2 Å². The molecule has 0 aliphatic rings. The number of nitrogens with zero attached hydrogens (tertiary/aromatic N) is 1. The molecular formula is C15H12INO4. The molecule has 2 aromatic carbocycles. The number of non-ortho nitro benzene ring substituents is 1. The highest BCUT2D eigenvalue weighted by atomic mass is 127. The van der Waals surface area contributed by atoms with Gasteiger partial charge in [-0.25, -0.2) is 0 Å². The molecule has 0 aliphatic carbocycles. The van der Waals surface area contributed by atoms with Crippen molar-refractivity contribution in [2.24, 2.45) is 0 Å². The number of aromatic hydroxyl groups is 1. The van der Waals surface area contributed by atoms with Gasteiger partial charge in [-0.1, -0.05) is 12.2 Å². The van der Waals surface area contributed by atoms with Crippen molar-refractivity contribution in [2.75, 3.05) is 7.11 Å². The molecule has 0 unspecified atom stereocenters. The fraction of sp³-hybridized carbons (Fsp3) is 0.0667. The Bertz CT molecular complexity index is 696. The molecule has 0 spiro atoms. The van der Waals surface area contributed by atoms with Gasteiger partial charge in [0.2, 0.25) is 0 Å². The lowest BCUT2D eigenvalue weighted by atomic mass is 10.1.